The first-order valence-electron chi connectivity index (χ1n) is 4.64. The zero-order valence-electron chi connectivity index (χ0n) is 8.59. The number of nitrogen functional groups attached to an aromatic ring is 1. The van der Waals surface area contributed by atoms with Crippen LogP contribution in [-0.4, -0.2) is 51.2 Å². The summed E-state index contributed by atoms with van der Waals surface area (Å²) in [4.78, 5) is 2.03. The van der Waals surface area contributed by atoms with E-state index >= 15 is 0 Å². The minimum absolute atomic E-state index is 0.376. The molecular weight excluding hydrogens is 182 g/mol. The molecule has 0 amide bonds. The first kappa shape index (κ1) is 10.9. The van der Waals surface area contributed by atoms with Crippen molar-refractivity contribution in [1.82, 2.24) is 19.9 Å². The molecule has 0 radical (unpaired) electrons. The third kappa shape index (κ3) is 3.31. The fraction of sp³-hybridized carbons (Fsp3) is 0.750. The minimum atomic E-state index is -0.443. The van der Waals surface area contributed by atoms with Gasteiger partial charge in [0.15, 0.2) is 5.82 Å². The van der Waals surface area contributed by atoms with Gasteiger partial charge in [-0.15, -0.1) is 5.10 Å². The first-order valence-corrected chi connectivity index (χ1v) is 4.64. The molecule has 1 aromatic heterocycles. The lowest BCUT2D eigenvalue weighted by Crippen LogP contribution is -2.32. The van der Waals surface area contributed by atoms with Crippen LogP contribution in [0.25, 0.3) is 0 Å². The molecule has 1 atom stereocenters. The standard InChI is InChI=1S/C8H17N5O/c1-3-12(2)4-7(14)5-13-6-8(9)10-11-13/h6-7,14H,3-5,9H2,1-2H3. The number of nitrogens with two attached hydrogens (primary N) is 1. The molecule has 0 saturated heterocycles. The highest BCUT2D eigenvalue weighted by atomic mass is 16.3. The zero-order valence-corrected chi connectivity index (χ0v) is 8.59. The van der Waals surface area contributed by atoms with Crippen molar-refractivity contribution >= 4 is 5.82 Å². The predicted molar refractivity (Wildman–Crippen MR) is 53.6 cm³/mol. The molecule has 0 fully saturated rings. The van der Waals surface area contributed by atoms with E-state index in [2.05, 4.69) is 10.3 Å². The van der Waals surface area contributed by atoms with E-state index in [9.17, 15) is 5.11 Å². The number of nitrogens with zero attached hydrogens (tertiary/aromatic N) is 4. The molecule has 0 aliphatic rings. The van der Waals surface area contributed by atoms with Gasteiger partial charge in [-0.2, -0.15) is 0 Å². The molecule has 0 saturated carbocycles. The summed E-state index contributed by atoms with van der Waals surface area (Å²) in [6.07, 6.45) is 1.16. The van der Waals surface area contributed by atoms with E-state index in [0.29, 0.717) is 18.9 Å². The van der Waals surface area contributed by atoms with Gasteiger partial charge in [0.2, 0.25) is 0 Å². The van der Waals surface area contributed by atoms with E-state index in [1.807, 2.05) is 18.9 Å². The van der Waals surface area contributed by atoms with E-state index in [-0.39, 0.29) is 0 Å². The van der Waals surface area contributed by atoms with E-state index in [0.717, 1.165) is 6.54 Å². The fourth-order valence-corrected chi connectivity index (χ4v) is 1.17. The van der Waals surface area contributed by atoms with E-state index in [1.165, 1.54) is 0 Å². The van der Waals surface area contributed by atoms with Crippen molar-refractivity contribution in [1.29, 1.82) is 0 Å². The van der Waals surface area contributed by atoms with Crippen LogP contribution in [0.3, 0.4) is 0 Å². The Morgan fingerprint density at radius 1 is 1.71 bits per heavy atom. The van der Waals surface area contributed by atoms with Gasteiger partial charge >= 0.3 is 0 Å². The molecule has 0 bridgehead atoms. The van der Waals surface area contributed by atoms with Crippen LogP contribution in [0.4, 0.5) is 5.82 Å². The molecule has 1 aromatic rings. The lowest BCUT2D eigenvalue weighted by Gasteiger charge is -2.18. The number of hydrogen-bond donors (Lipinski definition) is 2. The second-order valence-electron chi connectivity index (χ2n) is 3.37. The Labute approximate surface area is 83.3 Å². The van der Waals surface area contributed by atoms with Gasteiger partial charge in [-0.25, -0.2) is 4.68 Å². The second-order valence-corrected chi connectivity index (χ2v) is 3.37. The normalized spacial score (nSPS) is 13.4. The summed E-state index contributed by atoms with van der Waals surface area (Å²) in [5.74, 6) is 0.376. The number of hydrogen-bond acceptors (Lipinski definition) is 5. The highest BCUT2D eigenvalue weighted by Crippen LogP contribution is 1.96. The van der Waals surface area contributed by atoms with Crippen LogP contribution >= 0.6 is 0 Å². The highest BCUT2D eigenvalue weighted by Gasteiger charge is 2.08. The predicted octanol–water partition coefficient (Wildman–Crippen LogP) is -0.827. The van der Waals surface area contributed by atoms with Crippen LogP contribution in [-0.2, 0) is 6.54 Å². The summed E-state index contributed by atoms with van der Waals surface area (Å²) < 4.78 is 1.55. The Morgan fingerprint density at radius 2 is 2.43 bits per heavy atom. The van der Waals surface area contributed by atoms with Gasteiger partial charge in [0.1, 0.15) is 0 Å². The third-order valence-electron chi connectivity index (χ3n) is 2.02. The van der Waals surface area contributed by atoms with E-state index < -0.39 is 6.10 Å². The van der Waals surface area contributed by atoms with Gasteiger partial charge in [-0.1, -0.05) is 12.1 Å². The van der Waals surface area contributed by atoms with Crippen molar-refractivity contribution in [3.05, 3.63) is 6.20 Å². The van der Waals surface area contributed by atoms with E-state index in [4.69, 9.17) is 5.73 Å². The van der Waals surface area contributed by atoms with Crippen LogP contribution in [0.1, 0.15) is 6.92 Å². The maximum Gasteiger partial charge on any atom is 0.165 e. The molecule has 6 nitrogen and oxygen atoms in total. The molecular formula is C8H17N5O. The van der Waals surface area contributed by atoms with Crippen LogP contribution in [0.2, 0.25) is 0 Å². The molecule has 0 aliphatic carbocycles. The largest absolute Gasteiger partial charge is 0.390 e. The summed E-state index contributed by atoms with van der Waals surface area (Å²) in [6, 6.07) is 0. The molecule has 0 aromatic carbocycles. The van der Waals surface area contributed by atoms with E-state index in [1.54, 1.807) is 10.9 Å². The minimum Gasteiger partial charge on any atom is -0.390 e. The van der Waals surface area contributed by atoms with Crippen LogP contribution in [0.15, 0.2) is 6.20 Å². The van der Waals surface area contributed by atoms with Crippen LogP contribution < -0.4 is 5.73 Å². The molecule has 14 heavy (non-hydrogen) atoms. The Morgan fingerprint density at radius 3 is 2.93 bits per heavy atom. The van der Waals surface area contributed by atoms with Gasteiger partial charge in [-0.05, 0) is 13.6 Å². The number of aliphatic hydroxyl groups is 1. The summed E-state index contributed by atoms with van der Waals surface area (Å²) in [5, 5.41) is 17.0. The monoisotopic (exact) mass is 199 g/mol. The average molecular weight is 199 g/mol. The zero-order chi connectivity index (χ0) is 10.6. The van der Waals surface area contributed by atoms with Crippen molar-refractivity contribution in [2.24, 2.45) is 0 Å². The molecule has 1 heterocycles. The lowest BCUT2D eigenvalue weighted by atomic mass is 10.3. The van der Waals surface area contributed by atoms with Crippen LogP contribution in [0, 0.1) is 0 Å². The second kappa shape index (κ2) is 4.92. The quantitative estimate of drug-likeness (QED) is 0.647. The summed E-state index contributed by atoms with van der Waals surface area (Å²) in [5.41, 5.74) is 5.40. The number of aromatic nitrogens is 3. The smallest absolute Gasteiger partial charge is 0.165 e. The third-order valence-corrected chi connectivity index (χ3v) is 2.02. The maximum atomic E-state index is 9.64. The summed E-state index contributed by atoms with van der Waals surface area (Å²) in [6.45, 7) is 4.00. The molecule has 1 rings (SSSR count). The number of rotatable bonds is 5. The molecule has 0 spiro atoms. The maximum absolute atomic E-state index is 9.64. The Bertz CT molecular complexity index is 274. The van der Waals surface area contributed by atoms with Crippen molar-refractivity contribution < 1.29 is 5.11 Å². The van der Waals surface area contributed by atoms with Gasteiger partial charge in [0, 0.05) is 6.54 Å². The average Bonchev–Trinajstić information content (AvgIpc) is 2.50. The van der Waals surface area contributed by atoms with Crippen LogP contribution in [0.5, 0.6) is 0 Å². The van der Waals surface area contributed by atoms with Crippen molar-refractivity contribution in [3.63, 3.8) is 0 Å². The number of aliphatic hydroxyl groups excluding tert-OH is 1. The summed E-state index contributed by atoms with van der Waals surface area (Å²) >= 11 is 0. The first-order chi connectivity index (χ1) is 6.61. The van der Waals surface area contributed by atoms with Gasteiger partial charge in [0.25, 0.3) is 0 Å². The van der Waals surface area contributed by atoms with Gasteiger partial charge < -0.3 is 15.7 Å². The Kier molecular flexibility index (Phi) is 3.84. The van der Waals surface area contributed by atoms with Crippen molar-refractivity contribution in [2.45, 2.75) is 19.6 Å². The number of anilines is 1. The van der Waals surface area contributed by atoms with Gasteiger partial charge in [-0.3, -0.25) is 0 Å². The molecule has 0 aliphatic heterocycles. The molecule has 80 valence electrons. The topological polar surface area (TPSA) is 80.2 Å². The Hall–Kier alpha value is -1.14. The molecule has 6 heteroatoms. The van der Waals surface area contributed by atoms with Crippen molar-refractivity contribution in [3.8, 4) is 0 Å². The van der Waals surface area contributed by atoms with Crippen molar-refractivity contribution in [2.75, 3.05) is 25.9 Å². The lowest BCUT2D eigenvalue weighted by molar-refractivity contribution is 0.108. The molecule has 3 N–H and O–H groups in total. The number of likely N-dealkylation sites (N-methyl/N-ethyl adjacent to an activating group) is 1. The SMILES string of the molecule is CCN(C)CC(O)Cn1cc(N)nn1. The highest BCUT2D eigenvalue weighted by molar-refractivity contribution is 5.19. The summed E-state index contributed by atoms with van der Waals surface area (Å²) in [7, 11) is 1.96. The molecule has 1 unspecified atom stereocenters. The fourth-order valence-electron chi connectivity index (χ4n) is 1.17. The Balaban J connectivity index is 2.37. The van der Waals surface area contributed by atoms with Gasteiger partial charge in [0.05, 0.1) is 18.8 Å².